The van der Waals surface area contributed by atoms with Gasteiger partial charge in [0.05, 0.1) is 11.9 Å². The van der Waals surface area contributed by atoms with E-state index < -0.39 is 0 Å². The fourth-order valence-electron chi connectivity index (χ4n) is 3.33. The molecule has 22 heavy (non-hydrogen) atoms. The summed E-state index contributed by atoms with van der Waals surface area (Å²) in [5.41, 5.74) is 1.16. The summed E-state index contributed by atoms with van der Waals surface area (Å²) in [5.74, 6) is 1.44. The lowest BCUT2D eigenvalue weighted by Gasteiger charge is -2.22. The Morgan fingerprint density at radius 1 is 1.27 bits per heavy atom. The van der Waals surface area contributed by atoms with Gasteiger partial charge in [-0.1, -0.05) is 0 Å². The largest absolute Gasteiger partial charge is 0.370 e. The molecule has 2 saturated heterocycles. The van der Waals surface area contributed by atoms with Crippen LogP contribution in [0.4, 0.5) is 11.5 Å². The number of amides is 1. The Hall–Kier alpha value is -1.62. The summed E-state index contributed by atoms with van der Waals surface area (Å²) < 4.78 is 0. The van der Waals surface area contributed by atoms with Crippen LogP contribution in [0, 0.1) is 5.92 Å². The molecule has 2 aliphatic heterocycles. The topological polar surface area (TPSA) is 57.3 Å². The number of carbonyl (C=O) groups excluding carboxylic acids is 1. The van der Waals surface area contributed by atoms with E-state index in [4.69, 9.17) is 0 Å². The quantitative estimate of drug-likeness (QED) is 0.877. The molecule has 2 fully saturated rings. The Balaban J connectivity index is 1.44. The molecule has 0 bridgehead atoms. The fraction of sp³-hybridized carbons (Fsp3) is 0.647. The van der Waals surface area contributed by atoms with Gasteiger partial charge in [-0.25, -0.2) is 4.98 Å². The summed E-state index contributed by atoms with van der Waals surface area (Å²) in [4.78, 5) is 18.7. The highest BCUT2D eigenvalue weighted by Crippen LogP contribution is 2.21. The summed E-state index contributed by atoms with van der Waals surface area (Å²) in [6, 6.07) is 3.97. The Kier molecular flexibility index (Phi) is 5.27. The predicted molar refractivity (Wildman–Crippen MR) is 89.1 cm³/mol. The van der Waals surface area contributed by atoms with Crippen LogP contribution in [-0.2, 0) is 4.79 Å². The number of piperidine rings is 1. The second kappa shape index (κ2) is 7.58. The van der Waals surface area contributed by atoms with Crippen molar-refractivity contribution in [2.24, 2.45) is 5.92 Å². The molecule has 1 aromatic heterocycles. The number of pyridine rings is 1. The van der Waals surface area contributed by atoms with Gasteiger partial charge in [-0.05, 0) is 63.2 Å². The third kappa shape index (κ3) is 4.19. The van der Waals surface area contributed by atoms with Crippen LogP contribution in [0.3, 0.4) is 0 Å². The Labute approximate surface area is 132 Å². The fourth-order valence-corrected chi connectivity index (χ4v) is 3.33. The molecular weight excluding hydrogens is 276 g/mol. The molecule has 3 rings (SSSR count). The number of carbonyl (C=O) groups is 1. The van der Waals surface area contributed by atoms with Crippen LogP contribution < -0.4 is 15.5 Å². The molecule has 0 unspecified atom stereocenters. The molecule has 3 heterocycles. The maximum absolute atomic E-state index is 12.0. The van der Waals surface area contributed by atoms with E-state index in [0.29, 0.717) is 18.2 Å². The molecule has 0 radical (unpaired) electrons. The first-order valence-electron chi connectivity index (χ1n) is 8.53. The van der Waals surface area contributed by atoms with Crippen molar-refractivity contribution in [3.63, 3.8) is 0 Å². The minimum atomic E-state index is 0.0833. The zero-order valence-electron chi connectivity index (χ0n) is 13.2. The Morgan fingerprint density at radius 3 is 2.73 bits per heavy atom. The van der Waals surface area contributed by atoms with Gasteiger partial charge < -0.3 is 15.5 Å². The lowest BCUT2D eigenvalue weighted by Crippen LogP contribution is -2.28. The first-order chi connectivity index (χ1) is 10.8. The van der Waals surface area contributed by atoms with Crippen LogP contribution in [0.2, 0.25) is 0 Å². The number of hydrogen-bond acceptors (Lipinski definition) is 4. The van der Waals surface area contributed by atoms with Crippen molar-refractivity contribution in [3.8, 4) is 0 Å². The van der Waals surface area contributed by atoms with Crippen molar-refractivity contribution in [1.29, 1.82) is 0 Å². The highest BCUT2D eigenvalue weighted by molar-refractivity contribution is 5.89. The van der Waals surface area contributed by atoms with E-state index in [-0.39, 0.29) is 5.91 Å². The minimum Gasteiger partial charge on any atom is -0.370 e. The lowest BCUT2D eigenvalue weighted by atomic mass is 9.93. The smallest absolute Gasteiger partial charge is 0.225 e. The van der Waals surface area contributed by atoms with Gasteiger partial charge in [0.15, 0.2) is 0 Å². The van der Waals surface area contributed by atoms with Crippen LogP contribution in [0.5, 0.6) is 0 Å². The minimum absolute atomic E-state index is 0.0833. The van der Waals surface area contributed by atoms with Gasteiger partial charge >= 0.3 is 0 Å². The molecule has 5 heteroatoms. The third-order valence-electron chi connectivity index (χ3n) is 4.72. The average molecular weight is 302 g/mol. The highest BCUT2D eigenvalue weighted by Gasteiger charge is 2.15. The van der Waals surface area contributed by atoms with E-state index in [2.05, 4.69) is 26.6 Å². The number of aromatic nitrogens is 1. The van der Waals surface area contributed by atoms with Gasteiger partial charge in [-0.2, -0.15) is 0 Å². The van der Waals surface area contributed by atoms with E-state index in [1.807, 2.05) is 12.3 Å². The number of nitrogens with zero attached hydrogens (tertiary/aromatic N) is 2. The summed E-state index contributed by atoms with van der Waals surface area (Å²) in [5, 5.41) is 6.27. The van der Waals surface area contributed by atoms with Gasteiger partial charge in [0.1, 0.15) is 5.82 Å². The summed E-state index contributed by atoms with van der Waals surface area (Å²) in [6.45, 7) is 4.41. The van der Waals surface area contributed by atoms with Gasteiger partial charge in [0.25, 0.3) is 0 Å². The van der Waals surface area contributed by atoms with Gasteiger partial charge in [-0.15, -0.1) is 0 Å². The zero-order valence-corrected chi connectivity index (χ0v) is 13.2. The molecule has 5 nitrogen and oxygen atoms in total. The van der Waals surface area contributed by atoms with Crippen LogP contribution >= 0.6 is 0 Å². The molecule has 1 amide bonds. The first kappa shape index (κ1) is 15.3. The molecule has 0 atom stereocenters. The SMILES string of the molecule is O=C(CCC1CCNCC1)Nc1ccc(N2CCCC2)cn1. The number of hydrogen-bond donors (Lipinski definition) is 2. The second-order valence-electron chi connectivity index (χ2n) is 6.38. The van der Waals surface area contributed by atoms with Crippen LogP contribution in [0.15, 0.2) is 18.3 Å². The number of nitrogens with one attached hydrogen (secondary N) is 2. The molecule has 0 aliphatic carbocycles. The monoisotopic (exact) mass is 302 g/mol. The van der Waals surface area contributed by atoms with Crippen molar-refractivity contribution in [2.45, 2.75) is 38.5 Å². The van der Waals surface area contributed by atoms with Crippen LogP contribution in [-0.4, -0.2) is 37.1 Å². The molecule has 0 saturated carbocycles. The predicted octanol–water partition coefficient (Wildman–Crippen LogP) is 2.40. The maximum Gasteiger partial charge on any atom is 0.225 e. The third-order valence-corrected chi connectivity index (χ3v) is 4.72. The van der Waals surface area contributed by atoms with Crippen molar-refractivity contribution in [2.75, 3.05) is 36.4 Å². The summed E-state index contributed by atoms with van der Waals surface area (Å²) in [6.07, 6.45) is 8.35. The van der Waals surface area contributed by atoms with Crippen molar-refractivity contribution in [1.82, 2.24) is 10.3 Å². The molecule has 1 aromatic rings. The van der Waals surface area contributed by atoms with E-state index >= 15 is 0 Å². The van der Waals surface area contributed by atoms with Crippen molar-refractivity contribution in [3.05, 3.63) is 18.3 Å². The second-order valence-corrected chi connectivity index (χ2v) is 6.38. The molecule has 2 aliphatic rings. The van der Waals surface area contributed by atoms with Crippen LogP contribution in [0.1, 0.15) is 38.5 Å². The number of rotatable bonds is 5. The standard InChI is InChI=1S/C17H26N4O/c22-17(6-3-14-7-9-18-10-8-14)20-16-5-4-15(13-19-16)21-11-1-2-12-21/h4-5,13-14,18H,1-3,6-12H2,(H,19,20,22). The zero-order chi connectivity index (χ0) is 15.2. The van der Waals surface area contributed by atoms with Crippen molar-refractivity contribution < 1.29 is 4.79 Å². The normalized spacial score (nSPS) is 19.4. The van der Waals surface area contributed by atoms with E-state index in [9.17, 15) is 4.79 Å². The maximum atomic E-state index is 12.0. The van der Waals surface area contributed by atoms with Gasteiger partial charge in [0, 0.05) is 19.5 Å². The number of anilines is 2. The molecular formula is C17H26N4O. The highest BCUT2D eigenvalue weighted by atomic mass is 16.1. The van der Waals surface area contributed by atoms with Crippen molar-refractivity contribution >= 4 is 17.4 Å². The Morgan fingerprint density at radius 2 is 2.05 bits per heavy atom. The Bertz CT molecular complexity index is 476. The van der Waals surface area contributed by atoms with Gasteiger partial charge in [0.2, 0.25) is 5.91 Å². The van der Waals surface area contributed by atoms with Gasteiger partial charge in [-0.3, -0.25) is 4.79 Å². The lowest BCUT2D eigenvalue weighted by molar-refractivity contribution is -0.116. The van der Waals surface area contributed by atoms with Crippen LogP contribution in [0.25, 0.3) is 0 Å². The van der Waals surface area contributed by atoms with E-state index in [1.54, 1.807) is 0 Å². The first-order valence-corrected chi connectivity index (χ1v) is 8.53. The van der Waals surface area contributed by atoms with E-state index in [1.165, 1.54) is 25.7 Å². The summed E-state index contributed by atoms with van der Waals surface area (Å²) in [7, 11) is 0. The molecule has 120 valence electrons. The molecule has 2 N–H and O–H groups in total. The average Bonchev–Trinajstić information content (AvgIpc) is 3.09. The summed E-state index contributed by atoms with van der Waals surface area (Å²) >= 11 is 0. The molecule has 0 aromatic carbocycles. The molecule has 0 spiro atoms. The van der Waals surface area contributed by atoms with E-state index in [0.717, 1.165) is 38.3 Å².